The molecule has 29 heavy (non-hydrogen) atoms. The number of aromatic nitrogens is 1. The molecule has 0 spiro atoms. The molecule has 2 rings (SSSR count). The maximum atomic E-state index is 12.8. The molecule has 1 aromatic heterocycles. The van der Waals surface area contributed by atoms with Gasteiger partial charge >= 0.3 is 12.1 Å². The van der Waals surface area contributed by atoms with Crippen molar-refractivity contribution in [3.8, 4) is 0 Å². The van der Waals surface area contributed by atoms with Gasteiger partial charge in [-0.1, -0.05) is 28.5 Å². The Morgan fingerprint density at radius 2 is 1.97 bits per heavy atom. The Morgan fingerprint density at radius 3 is 2.59 bits per heavy atom. The van der Waals surface area contributed by atoms with Crippen molar-refractivity contribution in [2.45, 2.75) is 26.6 Å². The van der Waals surface area contributed by atoms with Crippen molar-refractivity contribution < 1.29 is 32.7 Å². The molecule has 1 heterocycles. The number of pyridine rings is 1. The number of halogens is 3. The van der Waals surface area contributed by atoms with Crippen LogP contribution in [0.25, 0.3) is 0 Å². The van der Waals surface area contributed by atoms with Crippen LogP contribution in [0, 0.1) is 6.92 Å². The topological polar surface area (TPSA) is 93.4 Å². The first-order valence-corrected chi connectivity index (χ1v) is 8.28. The zero-order valence-corrected chi connectivity index (χ0v) is 15.8. The first-order valence-electron chi connectivity index (χ1n) is 8.28. The molecule has 0 unspecified atom stereocenters. The summed E-state index contributed by atoms with van der Waals surface area (Å²) < 4.78 is 38.5. The molecule has 0 amide bonds. The van der Waals surface area contributed by atoms with Crippen LogP contribution in [-0.4, -0.2) is 34.6 Å². The van der Waals surface area contributed by atoms with Crippen LogP contribution in [0.1, 0.15) is 34.9 Å². The number of nitrogens with zero attached hydrogens (tertiary/aromatic N) is 3. The summed E-state index contributed by atoms with van der Waals surface area (Å²) in [7, 11) is 1.23. The van der Waals surface area contributed by atoms with E-state index in [-0.39, 0.29) is 29.3 Å². The van der Waals surface area contributed by atoms with Gasteiger partial charge in [-0.05, 0) is 31.5 Å². The fourth-order valence-electron chi connectivity index (χ4n) is 2.46. The Morgan fingerprint density at radius 1 is 1.24 bits per heavy atom. The third-order valence-corrected chi connectivity index (χ3v) is 3.92. The van der Waals surface area contributed by atoms with Crippen molar-refractivity contribution in [3.63, 3.8) is 0 Å². The Hall–Kier alpha value is -3.43. The van der Waals surface area contributed by atoms with E-state index in [9.17, 15) is 23.1 Å². The smallest absolute Gasteiger partial charge is 0.416 e. The van der Waals surface area contributed by atoms with E-state index in [0.29, 0.717) is 5.56 Å². The largest absolute Gasteiger partial charge is 0.476 e. The second-order valence-electron chi connectivity index (χ2n) is 5.91. The van der Waals surface area contributed by atoms with Gasteiger partial charge in [-0.15, -0.1) is 0 Å². The van der Waals surface area contributed by atoms with Crippen molar-refractivity contribution in [1.82, 2.24) is 4.98 Å². The Kier molecular flexibility index (Phi) is 6.92. The quantitative estimate of drug-likeness (QED) is 0.555. The number of alkyl halides is 3. The van der Waals surface area contributed by atoms with Gasteiger partial charge in [-0.3, -0.25) is 4.98 Å². The fraction of sp³-hybridized carbons (Fsp3) is 0.263. The van der Waals surface area contributed by atoms with Crippen molar-refractivity contribution in [3.05, 3.63) is 64.5 Å². The number of rotatable bonds is 7. The van der Waals surface area contributed by atoms with Crippen LogP contribution in [0.5, 0.6) is 0 Å². The van der Waals surface area contributed by atoms with Crippen LogP contribution in [0.2, 0.25) is 0 Å². The first-order chi connectivity index (χ1) is 13.6. The van der Waals surface area contributed by atoms with Gasteiger partial charge in [0.25, 0.3) is 0 Å². The van der Waals surface area contributed by atoms with E-state index in [4.69, 9.17) is 4.84 Å². The number of carbonyl (C=O) groups is 1. The molecule has 10 heteroatoms. The second-order valence-corrected chi connectivity index (χ2v) is 5.91. The summed E-state index contributed by atoms with van der Waals surface area (Å²) in [5.74, 6) is -1.29. The van der Waals surface area contributed by atoms with Crippen LogP contribution in [0.4, 0.5) is 13.2 Å². The average Bonchev–Trinajstić information content (AvgIpc) is 2.66. The highest BCUT2D eigenvalue weighted by Gasteiger charge is 2.30. The molecule has 0 aliphatic rings. The number of hydrogen-bond donors (Lipinski definition) is 1. The summed E-state index contributed by atoms with van der Waals surface area (Å²) in [5.41, 5.74) is 0.490. The minimum Gasteiger partial charge on any atom is -0.476 e. The maximum Gasteiger partial charge on any atom is 0.416 e. The number of aliphatic carboxylic acids is 1. The summed E-state index contributed by atoms with van der Waals surface area (Å²) >= 11 is 0. The molecule has 0 saturated carbocycles. The SMILES string of the molecule is CO/N=C(/C(=O)O)c1cccc(C)c1CO/N=C(\C)c1cc(C(F)(F)F)ccn1. The van der Waals surface area contributed by atoms with Gasteiger partial charge in [-0.2, -0.15) is 13.2 Å². The van der Waals surface area contributed by atoms with E-state index in [0.717, 1.165) is 23.9 Å². The predicted molar refractivity (Wildman–Crippen MR) is 98.6 cm³/mol. The fourth-order valence-corrected chi connectivity index (χ4v) is 2.46. The highest BCUT2D eigenvalue weighted by molar-refractivity contribution is 6.42. The Labute approximate surface area is 164 Å². The molecule has 0 saturated heterocycles. The van der Waals surface area contributed by atoms with Crippen molar-refractivity contribution >= 4 is 17.4 Å². The zero-order valence-electron chi connectivity index (χ0n) is 15.8. The molecule has 0 aliphatic carbocycles. The van der Waals surface area contributed by atoms with E-state index in [2.05, 4.69) is 20.1 Å². The number of hydrogen-bond acceptors (Lipinski definition) is 6. The normalized spacial score (nSPS) is 12.6. The second kappa shape index (κ2) is 9.18. The highest BCUT2D eigenvalue weighted by atomic mass is 19.4. The monoisotopic (exact) mass is 409 g/mol. The number of aryl methyl sites for hydroxylation is 1. The van der Waals surface area contributed by atoms with Gasteiger partial charge in [0.1, 0.15) is 19.4 Å². The van der Waals surface area contributed by atoms with Gasteiger partial charge in [0, 0.05) is 17.3 Å². The molecule has 0 fully saturated rings. The van der Waals surface area contributed by atoms with Crippen molar-refractivity contribution in [2.24, 2.45) is 10.3 Å². The molecule has 1 aromatic carbocycles. The summed E-state index contributed by atoms with van der Waals surface area (Å²) in [5, 5.41) is 16.7. The number of carboxylic acids is 1. The minimum atomic E-state index is -4.50. The summed E-state index contributed by atoms with van der Waals surface area (Å²) in [6, 6.07) is 6.68. The average molecular weight is 409 g/mol. The van der Waals surface area contributed by atoms with E-state index in [1.807, 2.05) is 0 Å². The molecule has 2 aromatic rings. The van der Waals surface area contributed by atoms with E-state index in [1.54, 1.807) is 25.1 Å². The Balaban J connectivity index is 2.27. The van der Waals surface area contributed by atoms with E-state index >= 15 is 0 Å². The molecular weight excluding hydrogens is 391 g/mol. The molecular formula is C19H18F3N3O4. The lowest BCUT2D eigenvalue weighted by Gasteiger charge is -2.12. The maximum absolute atomic E-state index is 12.8. The zero-order chi connectivity index (χ0) is 21.6. The molecule has 1 N–H and O–H groups in total. The number of benzene rings is 1. The third kappa shape index (κ3) is 5.53. The van der Waals surface area contributed by atoms with Crippen LogP contribution in [-0.2, 0) is 27.3 Å². The lowest BCUT2D eigenvalue weighted by Crippen LogP contribution is -2.18. The van der Waals surface area contributed by atoms with Crippen LogP contribution in [0.3, 0.4) is 0 Å². The standard InChI is InChI=1S/C19H18F3N3O4/c1-11-5-4-6-14(17(18(26)27)25-28-3)15(11)10-29-24-12(2)16-9-13(7-8-23-16)19(20,21)22/h4-9H,10H2,1-3H3,(H,26,27)/b24-12+,25-17+. The minimum absolute atomic E-state index is 0.0111. The molecule has 154 valence electrons. The van der Waals surface area contributed by atoms with Crippen LogP contribution < -0.4 is 0 Å². The predicted octanol–water partition coefficient (Wildman–Crippen LogP) is 3.78. The first kappa shape index (κ1) is 21.9. The molecule has 0 atom stereocenters. The van der Waals surface area contributed by atoms with Crippen LogP contribution in [0.15, 0.2) is 46.8 Å². The third-order valence-electron chi connectivity index (χ3n) is 3.92. The van der Waals surface area contributed by atoms with E-state index in [1.165, 1.54) is 14.0 Å². The van der Waals surface area contributed by atoms with Gasteiger partial charge in [0.2, 0.25) is 0 Å². The van der Waals surface area contributed by atoms with Crippen molar-refractivity contribution in [2.75, 3.05) is 7.11 Å². The summed E-state index contributed by atoms with van der Waals surface area (Å²) in [6.07, 6.45) is -3.46. The van der Waals surface area contributed by atoms with Crippen LogP contribution >= 0.6 is 0 Å². The molecule has 0 radical (unpaired) electrons. The van der Waals surface area contributed by atoms with Crippen molar-refractivity contribution in [1.29, 1.82) is 0 Å². The van der Waals surface area contributed by atoms with Gasteiger partial charge in [0.05, 0.1) is 11.3 Å². The lowest BCUT2D eigenvalue weighted by atomic mass is 9.99. The van der Waals surface area contributed by atoms with E-state index < -0.39 is 17.7 Å². The molecule has 0 aliphatic heterocycles. The number of carboxylic acid groups (broad SMARTS) is 1. The molecule has 0 bridgehead atoms. The molecule has 7 nitrogen and oxygen atoms in total. The lowest BCUT2D eigenvalue weighted by molar-refractivity contribution is -0.137. The Bertz CT molecular complexity index is 956. The van der Waals surface area contributed by atoms with Gasteiger partial charge in [0.15, 0.2) is 5.71 Å². The van der Waals surface area contributed by atoms with Gasteiger partial charge < -0.3 is 14.8 Å². The highest BCUT2D eigenvalue weighted by Crippen LogP contribution is 2.29. The summed E-state index contributed by atoms with van der Waals surface area (Å²) in [6.45, 7) is 3.07. The summed E-state index contributed by atoms with van der Waals surface area (Å²) in [4.78, 5) is 25.2. The number of oxime groups is 2. The van der Waals surface area contributed by atoms with Gasteiger partial charge in [-0.25, -0.2) is 4.79 Å².